The summed E-state index contributed by atoms with van der Waals surface area (Å²) in [5, 5.41) is 0. The molecule has 1 rings (SSSR count). The molecule has 0 unspecified atom stereocenters. The first-order valence-electron chi connectivity index (χ1n) is 4.27. The van der Waals surface area contributed by atoms with Crippen LogP contribution in [0.5, 0.6) is 0 Å². The van der Waals surface area contributed by atoms with Gasteiger partial charge in [0.25, 0.3) is 0 Å². The number of carbonyl (C=O) groups excluding carboxylic acids is 1. The number of rotatable bonds is 4. The van der Waals surface area contributed by atoms with Crippen molar-refractivity contribution in [2.75, 3.05) is 6.54 Å². The van der Waals surface area contributed by atoms with Crippen molar-refractivity contribution in [3.63, 3.8) is 0 Å². The Morgan fingerprint density at radius 1 is 1.75 bits per heavy atom. The van der Waals surface area contributed by atoms with Crippen LogP contribution in [0.25, 0.3) is 0 Å². The molecule has 68 valence electrons. The molecule has 1 heterocycles. The van der Waals surface area contributed by atoms with Gasteiger partial charge in [0.15, 0.2) is 5.78 Å². The van der Waals surface area contributed by atoms with Crippen LogP contribution in [-0.4, -0.2) is 24.5 Å². The van der Waals surface area contributed by atoms with E-state index in [2.05, 4.69) is 6.58 Å². The summed E-state index contributed by atoms with van der Waals surface area (Å²) in [6.45, 7) is 4.15. The maximum Gasteiger partial charge on any atom is 0.164 e. The molecule has 2 N–H and O–H groups in total. The summed E-state index contributed by atoms with van der Waals surface area (Å²) in [7, 11) is 0. The molecule has 1 fully saturated rings. The molecule has 1 saturated heterocycles. The molecule has 0 saturated carbocycles. The van der Waals surface area contributed by atoms with Crippen LogP contribution in [0.15, 0.2) is 12.7 Å². The fourth-order valence-electron chi connectivity index (χ4n) is 1.41. The monoisotopic (exact) mass is 169 g/mol. The summed E-state index contributed by atoms with van der Waals surface area (Å²) in [5.41, 5.74) is 5.36. The zero-order valence-electron chi connectivity index (χ0n) is 7.16. The van der Waals surface area contributed by atoms with Gasteiger partial charge >= 0.3 is 0 Å². The minimum Gasteiger partial charge on any atom is -0.366 e. The number of carbonyl (C=O) groups is 1. The second kappa shape index (κ2) is 4.38. The Balaban J connectivity index is 2.38. The smallest absolute Gasteiger partial charge is 0.164 e. The summed E-state index contributed by atoms with van der Waals surface area (Å²) in [4.78, 5) is 11.2. The Morgan fingerprint density at radius 3 is 3.08 bits per heavy atom. The lowest BCUT2D eigenvalue weighted by molar-refractivity contribution is -0.122. The topological polar surface area (TPSA) is 52.3 Å². The molecule has 3 heteroatoms. The highest BCUT2D eigenvalue weighted by Gasteiger charge is 2.31. The summed E-state index contributed by atoms with van der Waals surface area (Å²) in [5.74, 6) is 0.188. The van der Waals surface area contributed by atoms with Crippen molar-refractivity contribution >= 4 is 5.78 Å². The normalized spacial score (nSPS) is 29.2. The quantitative estimate of drug-likeness (QED) is 0.628. The first kappa shape index (κ1) is 9.42. The standard InChI is InChI=1S/C9H15NO2/c1-2-3-9-8(11)6-7(12-9)4-5-10/h2,7,9H,1,3-6,10H2/t7-,9-/m0/s1. The lowest BCUT2D eigenvalue weighted by atomic mass is 10.1. The van der Waals surface area contributed by atoms with E-state index in [1.54, 1.807) is 6.08 Å². The van der Waals surface area contributed by atoms with Crippen LogP contribution in [0.3, 0.4) is 0 Å². The van der Waals surface area contributed by atoms with Gasteiger partial charge in [0.05, 0.1) is 6.10 Å². The summed E-state index contributed by atoms with van der Waals surface area (Å²) >= 11 is 0. The van der Waals surface area contributed by atoms with Gasteiger partial charge in [0.1, 0.15) is 6.10 Å². The van der Waals surface area contributed by atoms with Crippen molar-refractivity contribution < 1.29 is 9.53 Å². The molecule has 0 aliphatic carbocycles. The van der Waals surface area contributed by atoms with Crippen molar-refractivity contribution in [2.24, 2.45) is 5.73 Å². The maximum atomic E-state index is 11.2. The molecular formula is C9H15NO2. The van der Waals surface area contributed by atoms with E-state index in [-0.39, 0.29) is 18.0 Å². The van der Waals surface area contributed by atoms with Gasteiger partial charge in [-0.05, 0) is 19.4 Å². The van der Waals surface area contributed by atoms with Gasteiger partial charge < -0.3 is 10.5 Å². The number of hydrogen-bond acceptors (Lipinski definition) is 3. The highest BCUT2D eigenvalue weighted by molar-refractivity contribution is 5.85. The van der Waals surface area contributed by atoms with Crippen molar-refractivity contribution in [3.8, 4) is 0 Å². The zero-order chi connectivity index (χ0) is 8.97. The van der Waals surface area contributed by atoms with Gasteiger partial charge in [0.2, 0.25) is 0 Å². The van der Waals surface area contributed by atoms with E-state index in [0.717, 1.165) is 6.42 Å². The Bertz CT molecular complexity index is 179. The van der Waals surface area contributed by atoms with E-state index in [4.69, 9.17) is 10.5 Å². The van der Waals surface area contributed by atoms with Crippen LogP contribution >= 0.6 is 0 Å². The lowest BCUT2D eigenvalue weighted by Gasteiger charge is -2.08. The van der Waals surface area contributed by atoms with Crippen molar-refractivity contribution in [3.05, 3.63) is 12.7 Å². The van der Waals surface area contributed by atoms with Gasteiger partial charge in [-0.1, -0.05) is 6.08 Å². The van der Waals surface area contributed by atoms with Crippen LogP contribution in [0.2, 0.25) is 0 Å². The zero-order valence-corrected chi connectivity index (χ0v) is 7.16. The Labute approximate surface area is 72.6 Å². The summed E-state index contributed by atoms with van der Waals surface area (Å²) in [6, 6.07) is 0. The lowest BCUT2D eigenvalue weighted by Crippen LogP contribution is -2.16. The molecule has 1 aliphatic rings. The fourth-order valence-corrected chi connectivity index (χ4v) is 1.41. The third-order valence-electron chi connectivity index (χ3n) is 2.01. The highest BCUT2D eigenvalue weighted by atomic mass is 16.5. The van der Waals surface area contributed by atoms with Gasteiger partial charge in [-0.15, -0.1) is 6.58 Å². The van der Waals surface area contributed by atoms with Crippen LogP contribution < -0.4 is 5.73 Å². The van der Waals surface area contributed by atoms with Gasteiger partial charge in [0, 0.05) is 6.42 Å². The molecule has 0 aromatic rings. The largest absolute Gasteiger partial charge is 0.366 e. The molecule has 2 atom stereocenters. The average molecular weight is 169 g/mol. The summed E-state index contributed by atoms with van der Waals surface area (Å²) < 4.78 is 5.45. The minimum absolute atomic E-state index is 0.0486. The maximum absolute atomic E-state index is 11.2. The number of nitrogens with two attached hydrogens (primary N) is 1. The SMILES string of the molecule is C=CC[C@@H]1O[C@@H](CCN)CC1=O. The number of hydrogen-bond donors (Lipinski definition) is 1. The van der Waals surface area contributed by atoms with Crippen LogP contribution in [0, 0.1) is 0 Å². The van der Waals surface area contributed by atoms with E-state index in [0.29, 0.717) is 19.4 Å². The van der Waals surface area contributed by atoms with E-state index >= 15 is 0 Å². The fraction of sp³-hybridized carbons (Fsp3) is 0.667. The average Bonchev–Trinajstić information content (AvgIpc) is 2.34. The van der Waals surface area contributed by atoms with E-state index in [1.165, 1.54) is 0 Å². The Morgan fingerprint density at radius 2 is 2.50 bits per heavy atom. The Hall–Kier alpha value is -0.670. The van der Waals surface area contributed by atoms with E-state index < -0.39 is 0 Å². The molecule has 0 amide bonds. The molecule has 0 spiro atoms. The first-order valence-corrected chi connectivity index (χ1v) is 4.27. The predicted molar refractivity (Wildman–Crippen MR) is 46.8 cm³/mol. The molecule has 3 nitrogen and oxygen atoms in total. The van der Waals surface area contributed by atoms with Crippen molar-refractivity contribution in [2.45, 2.75) is 31.5 Å². The highest BCUT2D eigenvalue weighted by Crippen LogP contribution is 2.20. The third kappa shape index (κ3) is 2.16. The molecule has 0 bridgehead atoms. The van der Waals surface area contributed by atoms with Crippen LogP contribution in [0.1, 0.15) is 19.3 Å². The van der Waals surface area contributed by atoms with Crippen molar-refractivity contribution in [1.82, 2.24) is 0 Å². The van der Waals surface area contributed by atoms with E-state index in [9.17, 15) is 4.79 Å². The summed E-state index contributed by atoms with van der Waals surface area (Å²) in [6.07, 6.45) is 3.44. The van der Waals surface area contributed by atoms with Crippen LogP contribution in [-0.2, 0) is 9.53 Å². The van der Waals surface area contributed by atoms with Gasteiger partial charge in [-0.3, -0.25) is 4.79 Å². The van der Waals surface area contributed by atoms with Crippen molar-refractivity contribution in [1.29, 1.82) is 0 Å². The first-order chi connectivity index (χ1) is 5.77. The second-order valence-corrected chi connectivity index (χ2v) is 3.02. The Kier molecular flexibility index (Phi) is 3.44. The molecular weight excluding hydrogens is 154 g/mol. The van der Waals surface area contributed by atoms with Gasteiger partial charge in [-0.25, -0.2) is 0 Å². The van der Waals surface area contributed by atoms with E-state index in [1.807, 2.05) is 0 Å². The van der Waals surface area contributed by atoms with Gasteiger partial charge in [-0.2, -0.15) is 0 Å². The second-order valence-electron chi connectivity index (χ2n) is 3.02. The number of ketones is 1. The predicted octanol–water partition coefficient (Wildman–Crippen LogP) is 0.638. The number of Topliss-reactive ketones (excluding diaryl/α,β-unsaturated/α-hetero) is 1. The minimum atomic E-state index is -0.251. The molecule has 0 aromatic carbocycles. The molecule has 0 radical (unpaired) electrons. The molecule has 1 aliphatic heterocycles. The third-order valence-corrected chi connectivity index (χ3v) is 2.01. The number of ether oxygens (including phenoxy) is 1. The van der Waals surface area contributed by atoms with Crippen LogP contribution in [0.4, 0.5) is 0 Å². The molecule has 0 aromatic heterocycles. The molecule has 12 heavy (non-hydrogen) atoms.